The molecule has 0 saturated carbocycles. The molecule has 0 aliphatic carbocycles. The maximum absolute atomic E-state index is 12.1. The Balaban J connectivity index is 1.78. The smallest absolute Gasteiger partial charge is 0.323 e. The molecule has 0 aromatic carbocycles. The third-order valence-corrected chi connectivity index (χ3v) is 5.05. The van der Waals surface area contributed by atoms with Crippen molar-refractivity contribution < 1.29 is 14.3 Å². The highest BCUT2D eigenvalue weighted by molar-refractivity contribution is 5.75. The average molecular weight is 326 g/mol. The SMILES string of the molecule is CCOC(=O)C(CC)N1CCC(CN2CC(C)OC(C)C2)CC1. The third kappa shape index (κ3) is 5.44. The molecule has 3 atom stereocenters. The van der Waals surface area contributed by atoms with E-state index in [-0.39, 0.29) is 12.0 Å². The fourth-order valence-corrected chi connectivity index (χ4v) is 4.06. The van der Waals surface area contributed by atoms with E-state index in [9.17, 15) is 4.79 Å². The number of esters is 1. The quantitative estimate of drug-likeness (QED) is 0.700. The van der Waals surface area contributed by atoms with E-state index < -0.39 is 0 Å². The van der Waals surface area contributed by atoms with Gasteiger partial charge < -0.3 is 9.47 Å². The summed E-state index contributed by atoms with van der Waals surface area (Å²) in [4.78, 5) is 16.9. The van der Waals surface area contributed by atoms with Crippen LogP contribution < -0.4 is 0 Å². The molecule has 0 bridgehead atoms. The monoisotopic (exact) mass is 326 g/mol. The van der Waals surface area contributed by atoms with E-state index in [2.05, 4.69) is 30.6 Å². The highest BCUT2D eigenvalue weighted by atomic mass is 16.5. The Morgan fingerprint density at radius 2 is 1.78 bits per heavy atom. The van der Waals surface area contributed by atoms with Gasteiger partial charge in [-0.15, -0.1) is 0 Å². The van der Waals surface area contributed by atoms with Crippen LogP contribution in [0, 0.1) is 5.92 Å². The molecular weight excluding hydrogens is 292 g/mol. The Kier molecular flexibility index (Phi) is 7.31. The van der Waals surface area contributed by atoms with Crippen molar-refractivity contribution in [1.82, 2.24) is 9.80 Å². The predicted octanol–water partition coefficient (Wildman–Crippen LogP) is 2.15. The largest absolute Gasteiger partial charge is 0.465 e. The van der Waals surface area contributed by atoms with Crippen LogP contribution in [0.5, 0.6) is 0 Å². The van der Waals surface area contributed by atoms with Crippen LogP contribution in [0.2, 0.25) is 0 Å². The summed E-state index contributed by atoms with van der Waals surface area (Å²) in [6.45, 7) is 14.0. The summed E-state index contributed by atoms with van der Waals surface area (Å²) in [6.07, 6.45) is 3.87. The molecule has 0 N–H and O–H groups in total. The molecule has 0 spiro atoms. The number of hydrogen-bond donors (Lipinski definition) is 0. The first-order chi connectivity index (χ1) is 11.0. The number of carbonyl (C=O) groups excluding carboxylic acids is 1. The Labute approximate surface area is 141 Å². The Bertz CT molecular complexity index is 359. The lowest BCUT2D eigenvalue weighted by Crippen LogP contribution is -2.50. The van der Waals surface area contributed by atoms with Crippen LogP contribution in [-0.4, -0.2) is 73.3 Å². The van der Waals surface area contributed by atoms with Gasteiger partial charge in [-0.05, 0) is 59.0 Å². The second kappa shape index (κ2) is 9.00. The fraction of sp³-hybridized carbons (Fsp3) is 0.944. The van der Waals surface area contributed by atoms with Gasteiger partial charge in [-0.25, -0.2) is 0 Å². The van der Waals surface area contributed by atoms with Gasteiger partial charge in [0.1, 0.15) is 6.04 Å². The maximum atomic E-state index is 12.1. The second-order valence-corrected chi connectivity index (χ2v) is 7.13. The number of piperidine rings is 1. The van der Waals surface area contributed by atoms with Crippen LogP contribution >= 0.6 is 0 Å². The van der Waals surface area contributed by atoms with E-state index in [0.29, 0.717) is 18.8 Å². The summed E-state index contributed by atoms with van der Waals surface area (Å²) in [6, 6.07) is -0.0562. The summed E-state index contributed by atoms with van der Waals surface area (Å²) >= 11 is 0. The first kappa shape index (κ1) is 18.7. The van der Waals surface area contributed by atoms with Gasteiger partial charge >= 0.3 is 5.97 Å². The molecule has 2 fully saturated rings. The van der Waals surface area contributed by atoms with E-state index in [4.69, 9.17) is 9.47 Å². The first-order valence-corrected chi connectivity index (χ1v) is 9.31. The highest BCUT2D eigenvalue weighted by Gasteiger charge is 2.31. The number of rotatable bonds is 6. The van der Waals surface area contributed by atoms with Gasteiger partial charge in [0.15, 0.2) is 0 Å². The first-order valence-electron chi connectivity index (χ1n) is 9.31. The molecule has 2 aliphatic rings. The van der Waals surface area contributed by atoms with Crippen molar-refractivity contribution in [3.63, 3.8) is 0 Å². The number of morpholine rings is 1. The normalized spacial score (nSPS) is 29.4. The highest BCUT2D eigenvalue weighted by Crippen LogP contribution is 2.23. The zero-order chi connectivity index (χ0) is 16.8. The number of likely N-dealkylation sites (tertiary alicyclic amines) is 1. The molecule has 5 heteroatoms. The van der Waals surface area contributed by atoms with Gasteiger partial charge in [-0.1, -0.05) is 6.92 Å². The molecule has 0 radical (unpaired) electrons. The zero-order valence-corrected chi connectivity index (χ0v) is 15.3. The lowest BCUT2D eigenvalue weighted by molar-refractivity contribution is -0.150. The van der Waals surface area contributed by atoms with Crippen LogP contribution in [0.1, 0.15) is 47.0 Å². The van der Waals surface area contributed by atoms with E-state index in [1.807, 2.05) is 6.92 Å². The maximum Gasteiger partial charge on any atom is 0.323 e. The fourth-order valence-electron chi connectivity index (χ4n) is 4.06. The number of carbonyl (C=O) groups is 1. The molecule has 3 unspecified atom stereocenters. The molecule has 0 aromatic rings. The standard InChI is InChI=1S/C18H34N2O3/c1-5-17(18(21)22-6-2)20-9-7-16(8-10-20)13-19-11-14(3)23-15(4)12-19/h14-17H,5-13H2,1-4H3. The van der Waals surface area contributed by atoms with Crippen LogP contribution in [-0.2, 0) is 14.3 Å². The van der Waals surface area contributed by atoms with Crippen LogP contribution in [0.4, 0.5) is 0 Å². The van der Waals surface area contributed by atoms with Crippen molar-refractivity contribution >= 4 is 5.97 Å². The van der Waals surface area contributed by atoms with E-state index in [1.54, 1.807) is 0 Å². The minimum absolute atomic E-state index is 0.0516. The van der Waals surface area contributed by atoms with Gasteiger partial charge in [0, 0.05) is 19.6 Å². The van der Waals surface area contributed by atoms with Crippen molar-refractivity contribution in [2.75, 3.05) is 39.3 Å². The van der Waals surface area contributed by atoms with Crippen molar-refractivity contribution in [2.24, 2.45) is 5.92 Å². The van der Waals surface area contributed by atoms with E-state index in [1.165, 1.54) is 19.4 Å². The Morgan fingerprint density at radius 3 is 2.30 bits per heavy atom. The molecule has 0 amide bonds. The molecule has 23 heavy (non-hydrogen) atoms. The molecule has 2 rings (SSSR count). The lowest BCUT2D eigenvalue weighted by atomic mass is 9.94. The lowest BCUT2D eigenvalue weighted by Gasteiger charge is -2.40. The van der Waals surface area contributed by atoms with E-state index >= 15 is 0 Å². The predicted molar refractivity (Wildman–Crippen MR) is 91.5 cm³/mol. The molecule has 2 aliphatic heterocycles. The van der Waals surface area contributed by atoms with Crippen LogP contribution in [0.25, 0.3) is 0 Å². The number of nitrogens with zero attached hydrogens (tertiary/aromatic N) is 2. The van der Waals surface area contributed by atoms with Gasteiger partial charge in [-0.3, -0.25) is 14.6 Å². The van der Waals surface area contributed by atoms with Gasteiger partial charge in [0.05, 0.1) is 18.8 Å². The minimum Gasteiger partial charge on any atom is -0.465 e. The molecule has 2 saturated heterocycles. The van der Waals surface area contributed by atoms with Crippen molar-refractivity contribution in [3.05, 3.63) is 0 Å². The van der Waals surface area contributed by atoms with Gasteiger partial charge in [0.25, 0.3) is 0 Å². The number of hydrogen-bond acceptors (Lipinski definition) is 5. The second-order valence-electron chi connectivity index (χ2n) is 7.13. The summed E-state index contributed by atoms with van der Waals surface area (Å²) < 4.78 is 11.0. The topological polar surface area (TPSA) is 42.0 Å². The van der Waals surface area contributed by atoms with Crippen molar-refractivity contribution in [1.29, 1.82) is 0 Å². The summed E-state index contributed by atoms with van der Waals surface area (Å²) in [7, 11) is 0. The molecule has 5 nitrogen and oxygen atoms in total. The third-order valence-electron chi connectivity index (χ3n) is 5.05. The summed E-state index contributed by atoms with van der Waals surface area (Å²) in [5.41, 5.74) is 0. The van der Waals surface area contributed by atoms with Crippen molar-refractivity contribution in [3.8, 4) is 0 Å². The van der Waals surface area contributed by atoms with E-state index in [0.717, 1.165) is 38.5 Å². The Morgan fingerprint density at radius 1 is 1.17 bits per heavy atom. The Hall–Kier alpha value is -0.650. The average Bonchev–Trinajstić information content (AvgIpc) is 2.49. The van der Waals surface area contributed by atoms with Crippen LogP contribution in [0.3, 0.4) is 0 Å². The summed E-state index contributed by atoms with van der Waals surface area (Å²) in [5, 5.41) is 0. The van der Waals surface area contributed by atoms with Crippen molar-refractivity contribution in [2.45, 2.75) is 65.2 Å². The number of ether oxygens (including phenoxy) is 2. The van der Waals surface area contributed by atoms with Crippen LogP contribution in [0.15, 0.2) is 0 Å². The molecule has 2 heterocycles. The van der Waals surface area contributed by atoms with Gasteiger partial charge in [-0.2, -0.15) is 0 Å². The minimum atomic E-state index is -0.0562. The molecule has 134 valence electrons. The zero-order valence-electron chi connectivity index (χ0n) is 15.3. The molecular formula is C18H34N2O3. The summed E-state index contributed by atoms with van der Waals surface area (Å²) in [5.74, 6) is 0.688. The van der Waals surface area contributed by atoms with Gasteiger partial charge in [0.2, 0.25) is 0 Å². The molecule has 0 aromatic heterocycles.